The van der Waals surface area contributed by atoms with Crippen molar-refractivity contribution in [2.24, 2.45) is 5.92 Å². The van der Waals surface area contributed by atoms with Crippen molar-refractivity contribution in [1.82, 2.24) is 0 Å². The molecule has 0 saturated heterocycles. The molecule has 0 aromatic carbocycles. The van der Waals surface area contributed by atoms with Crippen molar-refractivity contribution in [3.8, 4) is 11.8 Å². The first-order valence-corrected chi connectivity index (χ1v) is 4.83. The molecule has 0 aromatic rings. The van der Waals surface area contributed by atoms with Crippen molar-refractivity contribution < 1.29 is 0 Å². The van der Waals surface area contributed by atoms with Crippen LogP contribution in [0.2, 0.25) is 0 Å². The summed E-state index contributed by atoms with van der Waals surface area (Å²) in [5, 5.41) is 0. The Morgan fingerprint density at radius 3 is 2.55 bits per heavy atom. The van der Waals surface area contributed by atoms with Gasteiger partial charge in [-0.05, 0) is 19.3 Å². The van der Waals surface area contributed by atoms with Crippen LogP contribution in [0.15, 0.2) is 0 Å². The van der Waals surface area contributed by atoms with Crippen LogP contribution in [0.1, 0.15) is 51.9 Å². The summed E-state index contributed by atoms with van der Waals surface area (Å²) in [5.41, 5.74) is 0. The maximum atomic E-state index is 3.15. The highest BCUT2D eigenvalue weighted by Gasteiger charge is 2.11. The van der Waals surface area contributed by atoms with Crippen LogP contribution >= 0.6 is 0 Å². The van der Waals surface area contributed by atoms with Crippen LogP contribution in [-0.2, 0) is 0 Å². The molecule has 0 nitrogen and oxygen atoms in total. The minimum atomic E-state index is 1.00. The van der Waals surface area contributed by atoms with E-state index in [1.165, 1.54) is 38.5 Å². The van der Waals surface area contributed by atoms with Crippen LogP contribution in [0.4, 0.5) is 0 Å². The zero-order valence-electron chi connectivity index (χ0n) is 7.53. The third-order valence-corrected chi connectivity index (χ3v) is 2.58. The second kappa shape index (κ2) is 5.24. The van der Waals surface area contributed by atoms with Gasteiger partial charge in [0.1, 0.15) is 0 Å². The zero-order valence-corrected chi connectivity index (χ0v) is 7.53. The van der Waals surface area contributed by atoms with E-state index in [0.717, 1.165) is 12.3 Å². The topological polar surface area (TPSA) is 0 Å². The van der Waals surface area contributed by atoms with Crippen molar-refractivity contribution in [1.29, 1.82) is 0 Å². The molecular formula is C11H18. The summed E-state index contributed by atoms with van der Waals surface area (Å²) >= 11 is 0. The molecule has 1 aliphatic carbocycles. The first-order valence-electron chi connectivity index (χ1n) is 4.83. The van der Waals surface area contributed by atoms with Gasteiger partial charge in [-0.25, -0.2) is 0 Å². The first-order chi connectivity index (χ1) is 5.43. The summed E-state index contributed by atoms with van der Waals surface area (Å²) in [6, 6.07) is 0. The first kappa shape index (κ1) is 8.65. The number of hydrogen-bond donors (Lipinski definition) is 0. The Bertz CT molecular complexity index is 141. The molecule has 1 rings (SSSR count). The Morgan fingerprint density at radius 1 is 1.18 bits per heavy atom. The lowest BCUT2D eigenvalue weighted by molar-refractivity contribution is 0.342. The van der Waals surface area contributed by atoms with E-state index < -0.39 is 0 Å². The summed E-state index contributed by atoms with van der Waals surface area (Å²) in [6.45, 7) is 1.93. The largest absolute Gasteiger partial charge is 0.107 e. The second-order valence-corrected chi connectivity index (χ2v) is 3.47. The van der Waals surface area contributed by atoms with Crippen LogP contribution in [-0.4, -0.2) is 0 Å². The molecule has 0 bridgehead atoms. The molecule has 0 aromatic heterocycles. The van der Waals surface area contributed by atoms with Gasteiger partial charge in [0, 0.05) is 6.42 Å². The fourth-order valence-electron chi connectivity index (χ4n) is 1.88. The average molecular weight is 150 g/mol. The molecular weight excluding hydrogens is 132 g/mol. The molecule has 0 heterocycles. The van der Waals surface area contributed by atoms with Crippen molar-refractivity contribution >= 4 is 0 Å². The maximum absolute atomic E-state index is 3.15. The Kier molecular flexibility index (Phi) is 4.12. The van der Waals surface area contributed by atoms with E-state index in [1.54, 1.807) is 0 Å². The summed E-state index contributed by atoms with van der Waals surface area (Å²) in [4.78, 5) is 0. The lowest BCUT2D eigenvalue weighted by Gasteiger charge is -2.20. The minimum Gasteiger partial charge on any atom is -0.107 e. The van der Waals surface area contributed by atoms with Crippen LogP contribution in [0.25, 0.3) is 0 Å². The SMILES string of the molecule is CC#CCCC1CCCCC1. The average Bonchev–Trinajstić information content (AvgIpc) is 2.07. The lowest BCUT2D eigenvalue weighted by atomic mass is 9.86. The predicted octanol–water partition coefficient (Wildman–Crippen LogP) is 3.37. The Labute approximate surface area is 70.4 Å². The molecule has 0 atom stereocenters. The molecule has 0 N–H and O–H groups in total. The summed E-state index contributed by atoms with van der Waals surface area (Å²) < 4.78 is 0. The van der Waals surface area contributed by atoms with Crippen molar-refractivity contribution in [2.45, 2.75) is 51.9 Å². The van der Waals surface area contributed by atoms with Gasteiger partial charge in [-0.3, -0.25) is 0 Å². The smallest absolute Gasteiger partial charge is 0.00912 e. The fourth-order valence-corrected chi connectivity index (χ4v) is 1.88. The van der Waals surface area contributed by atoms with E-state index in [4.69, 9.17) is 0 Å². The van der Waals surface area contributed by atoms with Gasteiger partial charge in [-0.2, -0.15) is 0 Å². The quantitative estimate of drug-likeness (QED) is 0.529. The van der Waals surface area contributed by atoms with E-state index >= 15 is 0 Å². The molecule has 11 heavy (non-hydrogen) atoms. The van der Waals surface area contributed by atoms with E-state index in [9.17, 15) is 0 Å². The Hall–Kier alpha value is -0.440. The van der Waals surface area contributed by atoms with Gasteiger partial charge in [0.05, 0.1) is 0 Å². The van der Waals surface area contributed by atoms with Gasteiger partial charge < -0.3 is 0 Å². The highest BCUT2D eigenvalue weighted by Crippen LogP contribution is 2.26. The predicted molar refractivity (Wildman–Crippen MR) is 49.3 cm³/mol. The lowest BCUT2D eigenvalue weighted by Crippen LogP contribution is -2.05. The molecule has 0 aliphatic heterocycles. The van der Waals surface area contributed by atoms with Crippen molar-refractivity contribution in [3.63, 3.8) is 0 Å². The monoisotopic (exact) mass is 150 g/mol. The maximum Gasteiger partial charge on any atom is 0.00912 e. The van der Waals surface area contributed by atoms with Crippen LogP contribution in [0.5, 0.6) is 0 Å². The van der Waals surface area contributed by atoms with E-state index in [1.807, 2.05) is 6.92 Å². The summed E-state index contributed by atoms with van der Waals surface area (Å²) in [6.07, 6.45) is 9.79. The van der Waals surface area contributed by atoms with Gasteiger partial charge in [0.15, 0.2) is 0 Å². The van der Waals surface area contributed by atoms with Crippen molar-refractivity contribution in [3.05, 3.63) is 0 Å². The third-order valence-electron chi connectivity index (χ3n) is 2.58. The molecule has 1 fully saturated rings. The Morgan fingerprint density at radius 2 is 1.91 bits per heavy atom. The van der Waals surface area contributed by atoms with Gasteiger partial charge in [0.25, 0.3) is 0 Å². The Balaban J connectivity index is 2.08. The summed E-state index contributed by atoms with van der Waals surface area (Å²) in [5.74, 6) is 7.11. The van der Waals surface area contributed by atoms with Gasteiger partial charge in [-0.1, -0.05) is 32.1 Å². The molecule has 1 aliphatic rings. The highest BCUT2D eigenvalue weighted by molar-refractivity contribution is 4.95. The summed E-state index contributed by atoms with van der Waals surface area (Å²) in [7, 11) is 0. The third kappa shape index (κ3) is 3.46. The van der Waals surface area contributed by atoms with Gasteiger partial charge in [0.2, 0.25) is 0 Å². The van der Waals surface area contributed by atoms with Gasteiger partial charge in [-0.15, -0.1) is 11.8 Å². The number of rotatable bonds is 2. The van der Waals surface area contributed by atoms with Crippen LogP contribution in [0, 0.1) is 17.8 Å². The zero-order chi connectivity index (χ0) is 7.94. The molecule has 62 valence electrons. The van der Waals surface area contributed by atoms with E-state index in [0.29, 0.717) is 0 Å². The van der Waals surface area contributed by atoms with E-state index in [2.05, 4.69) is 11.8 Å². The molecule has 0 spiro atoms. The van der Waals surface area contributed by atoms with E-state index in [-0.39, 0.29) is 0 Å². The standard InChI is InChI=1S/C11H18/c1-2-3-5-8-11-9-6-4-7-10-11/h11H,4-10H2,1H3. The second-order valence-electron chi connectivity index (χ2n) is 3.47. The molecule has 0 heteroatoms. The molecule has 1 saturated carbocycles. The van der Waals surface area contributed by atoms with Gasteiger partial charge >= 0.3 is 0 Å². The van der Waals surface area contributed by atoms with Crippen LogP contribution < -0.4 is 0 Å². The minimum absolute atomic E-state index is 1.00. The van der Waals surface area contributed by atoms with Crippen LogP contribution in [0.3, 0.4) is 0 Å². The fraction of sp³-hybridized carbons (Fsp3) is 0.818. The number of hydrogen-bond acceptors (Lipinski definition) is 0. The normalized spacial score (nSPS) is 19.0. The van der Waals surface area contributed by atoms with Crippen molar-refractivity contribution in [2.75, 3.05) is 0 Å². The molecule has 0 unspecified atom stereocenters. The molecule has 0 radical (unpaired) electrons. The molecule has 0 amide bonds. The highest BCUT2D eigenvalue weighted by atomic mass is 14.2.